The predicted molar refractivity (Wildman–Crippen MR) is 58.3 cm³/mol. The van der Waals surface area contributed by atoms with Gasteiger partial charge in [0, 0.05) is 10.7 Å². The van der Waals surface area contributed by atoms with Crippen molar-refractivity contribution in [1.82, 2.24) is 3.97 Å². The number of hydrogen-bond acceptors (Lipinski definition) is 4. The second-order valence-electron chi connectivity index (χ2n) is 2.73. The van der Waals surface area contributed by atoms with Crippen LogP contribution in [0.2, 0.25) is 0 Å². The lowest BCUT2D eigenvalue weighted by molar-refractivity contribution is 0.0593. The third-order valence-electron chi connectivity index (χ3n) is 1.81. The minimum absolute atomic E-state index is 0.00812. The molecule has 1 rings (SSSR count). The van der Waals surface area contributed by atoms with Gasteiger partial charge in [0.1, 0.15) is 5.69 Å². The number of ether oxygens (including phenoxy) is 1. The molecule has 0 bridgehead atoms. The summed E-state index contributed by atoms with van der Waals surface area (Å²) in [5.41, 5.74) is -0.00812. The van der Waals surface area contributed by atoms with Gasteiger partial charge in [0.2, 0.25) is 10.0 Å². The van der Waals surface area contributed by atoms with Crippen molar-refractivity contribution in [2.24, 2.45) is 0 Å². The highest BCUT2D eigenvalue weighted by Gasteiger charge is 2.21. The van der Waals surface area contributed by atoms with Crippen LogP contribution in [0, 0.1) is 0 Å². The molecule has 84 valence electrons. The minimum atomic E-state index is -3.48. The number of carbonyl (C=O) groups excluding carboxylic acids is 1. The summed E-state index contributed by atoms with van der Waals surface area (Å²) < 4.78 is 29.1. The molecule has 0 aromatic carbocycles. The first-order valence-corrected chi connectivity index (χ1v) is 6.52. The van der Waals surface area contributed by atoms with Crippen LogP contribution in [0.3, 0.4) is 0 Å². The maximum atomic E-state index is 11.6. The van der Waals surface area contributed by atoms with Crippen LogP contribution in [0.1, 0.15) is 17.4 Å². The van der Waals surface area contributed by atoms with Crippen LogP contribution >= 0.6 is 15.9 Å². The number of methoxy groups -OCH3 is 1. The van der Waals surface area contributed by atoms with E-state index in [0.717, 1.165) is 3.97 Å². The van der Waals surface area contributed by atoms with E-state index in [0.29, 0.717) is 4.47 Å². The fourth-order valence-electron chi connectivity index (χ4n) is 1.04. The van der Waals surface area contributed by atoms with E-state index in [1.54, 1.807) is 0 Å². The van der Waals surface area contributed by atoms with Gasteiger partial charge < -0.3 is 4.74 Å². The Labute approximate surface area is 96.2 Å². The Hall–Kier alpha value is -0.820. The summed E-state index contributed by atoms with van der Waals surface area (Å²) in [7, 11) is -2.28. The molecular weight excluding hydrogens is 286 g/mol. The van der Waals surface area contributed by atoms with Crippen molar-refractivity contribution in [3.05, 3.63) is 22.4 Å². The van der Waals surface area contributed by atoms with Gasteiger partial charge in [-0.15, -0.1) is 0 Å². The summed E-state index contributed by atoms with van der Waals surface area (Å²) in [6.07, 6.45) is 1.32. The fourth-order valence-corrected chi connectivity index (χ4v) is 2.57. The first-order chi connectivity index (χ1) is 6.92. The van der Waals surface area contributed by atoms with E-state index in [1.165, 1.54) is 26.3 Å². The third-order valence-corrected chi connectivity index (χ3v) is 3.88. The van der Waals surface area contributed by atoms with E-state index in [-0.39, 0.29) is 11.4 Å². The van der Waals surface area contributed by atoms with Crippen molar-refractivity contribution in [3.63, 3.8) is 0 Å². The van der Waals surface area contributed by atoms with Crippen LogP contribution in [0.4, 0.5) is 0 Å². The number of carbonyl (C=O) groups is 1. The molecule has 0 atom stereocenters. The van der Waals surface area contributed by atoms with Gasteiger partial charge in [-0.1, -0.05) is 0 Å². The summed E-state index contributed by atoms with van der Waals surface area (Å²) in [5.74, 6) is -0.768. The lowest BCUT2D eigenvalue weighted by Crippen LogP contribution is -2.19. The van der Waals surface area contributed by atoms with Crippen molar-refractivity contribution < 1.29 is 17.9 Å². The highest BCUT2D eigenvalue weighted by molar-refractivity contribution is 9.10. The molecule has 0 amide bonds. The van der Waals surface area contributed by atoms with Crippen molar-refractivity contribution in [2.75, 3.05) is 12.9 Å². The van der Waals surface area contributed by atoms with Gasteiger partial charge in [-0.05, 0) is 28.9 Å². The molecule has 0 aliphatic heterocycles. The molecule has 1 aromatic heterocycles. The maximum absolute atomic E-state index is 11.6. The SMILES string of the molecule is CCS(=O)(=O)n1cc(Br)cc1C(=O)OC. The monoisotopic (exact) mass is 295 g/mol. The topological polar surface area (TPSA) is 65.4 Å². The van der Waals surface area contributed by atoms with Crippen LogP contribution in [-0.2, 0) is 14.8 Å². The molecule has 0 radical (unpaired) electrons. The second-order valence-corrected chi connectivity index (χ2v) is 5.78. The average molecular weight is 296 g/mol. The summed E-state index contributed by atoms with van der Waals surface area (Å²) in [6.45, 7) is 1.50. The van der Waals surface area contributed by atoms with Crippen LogP contribution in [-0.4, -0.2) is 31.2 Å². The molecule has 15 heavy (non-hydrogen) atoms. The van der Waals surface area contributed by atoms with Gasteiger partial charge in [0.15, 0.2) is 0 Å². The van der Waals surface area contributed by atoms with Crippen LogP contribution < -0.4 is 0 Å². The lowest BCUT2D eigenvalue weighted by atomic mass is 10.4. The third kappa shape index (κ3) is 2.40. The predicted octanol–water partition coefficient (Wildman–Crippen LogP) is 1.24. The normalized spacial score (nSPS) is 11.4. The molecule has 0 fully saturated rings. The standard InChI is InChI=1S/C8H10BrNO4S/c1-3-15(12,13)10-5-6(9)4-7(10)8(11)14-2/h4-5H,3H2,1-2H3. The highest BCUT2D eigenvalue weighted by atomic mass is 79.9. The molecule has 0 unspecified atom stereocenters. The number of halogens is 1. The Kier molecular flexibility index (Phi) is 3.56. The van der Waals surface area contributed by atoms with Crippen molar-refractivity contribution in [2.45, 2.75) is 6.92 Å². The average Bonchev–Trinajstić information content (AvgIpc) is 2.60. The van der Waals surface area contributed by atoms with Gasteiger partial charge in [-0.3, -0.25) is 0 Å². The molecule has 7 heteroatoms. The Morgan fingerprint density at radius 1 is 1.60 bits per heavy atom. The van der Waals surface area contributed by atoms with Crippen LogP contribution in [0.15, 0.2) is 16.7 Å². The molecule has 0 saturated carbocycles. The zero-order chi connectivity index (χ0) is 11.6. The first kappa shape index (κ1) is 12.3. The largest absolute Gasteiger partial charge is 0.464 e. The Balaban J connectivity index is 3.36. The number of hydrogen-bond donors (Lipinski definition) is 0. The zero-order valence-electron chi connectivity index (χ0n) is 8.23. The smallest absolute Gasteiger partial charge is 0.355 e. The summed E-state index contributed by atoms with van der Waals surface area (Å²) in [4.78, 5) is 11.3. The molecule has 0 N–H and O–H groups in total. The zero-order valence-corrected chi connectivity index (χ0v) is 10.6. The molecular formula is C8H10BrNO4S. The molecule has 0 aliphatic carbocycles. The lowest BCUT2D eigenvalue weighted by Gasteiger charge is -2.06. The van der Waals surface area contributed by atoms with Crippen molar-refractivity contribution in [1.29, 1.82) is 0 Å². The van der Waals surface area contributed by atoms with E-state index in [4.69, 9.17) is 0 Å². The summed E-state index contributed by atoms with van der Waals surface area (Å²) in [5, 5.41) is 0. The van der Waals surface area contributed by atoms with E-state index in [2.05, 4.69) is 20.7 Å². The fraction of sp³-hybridized carbons (Fsp3) is 0.375. The highest BCUT2D eigenvalue weighted by Crippen LogP contribution is 2.18. The quantitative estimate of drug-likeness (QED) is 0.787. The maximum Gasteiger partial charge on any atom is 0.355 e. The van der Waals surface area contributed by atoms with Crippen molar-refractivity contribution in [3.8, 4) is 0 Å². The number of aromatic nitrogens is 1. The van der Waals surface area contributed by atoms with E-state index >= 15 is 0 Å². The molecule has 1 aromatic rings. The number of nitrogens with zero attached hydrogens (tertiary/aromatic N) is 1. The second kappa shape index (κ2) is 4.36. The molecule has 1 heterocycles. The molecule has 0 spiro atoms. The van der Waals surface area contributed by atoms with Gasteiger partial charge in [-0.2, -0.15) is 0 Å². The van der Waals surface area contributed by atoms with E-state index in [9.17, 15) is 13.2 Å². The summed E-state index contributed by atoms with van der Waals surface area (Å²) in [6, 6.07) is 1.40. The first-order valence-electron chi connectivity index (χ1n) is 4.11. The number of rotatable bonds is 3. The van der Waals surface area contributed by atoms with Gasteiger partial charge in [-0.25, -0.2) is 17.2 Å². The molecule has 0 saturated heterocycles. The summed E-state index contributed by atoms with van der Waals surface area (Å²) >= 11 is 3.11. The molecule has 5 nitrogen and oxygen atoms in total. The van der Waals surface area contributed by atoms with Crippen molar-refractivity contribution >= 4 is 31.9 Å². The Morgan fingerprint density at radius 2 is 2.20 bits per heavy atom. The molecule has 0 aliphatic rings. The van der Waals surface area contributed by atoms with Gasteiger partial charge in [0.25, 0.3) is 0 Å². The van der Waals surface area contributed by atoms with Gasteiger partial charge in [0.05, 0.1) is 12.9 Å². The minimum Gasteiger partial charge on any atom is -0.464 e. The van der Waals surface area contributed by atoms with Gasteiger partial charge >= 0.3 is 5.97 Å². The van der Waals surface area contributed by atoms with E-state index < -0.39 is 16.0 Å². The Bertz CT molecular complexity index is 477. The van der Waals surface area contributed by atoms with Crippen LogP contribution in [0.5, 0.6) is 0 Å². The Morgan fingerprint density at radius 3 is 2.67 bits per heavy atom. The number of esters is 1. The van der Waals surface area contributed by atoms with E-state index in [1.807, 2.05) is 0 Å². The van der Waals surface area contributed by atoms with Crippen LogP contribution in [0.25, 0.3) is 0 Å².